The number of aromatic nitrogens is 2. The first-order chi connectivity index (χ1) is 15.2. The number of benzene rings is 3. The van der Waals surface area contributed by atoms with Crippen LogP contribution in [0.25, 0.3) is 0 Å². The number of carbonyl (C=O) groups is 1. The number of rotatable bonds is 8. The minimum atomic E-state index is -0.298. The van der Waals surface area contributed by atoms with Crippen molar-refractivity contribution in [1.29, 1.82) is 0 Å². The summed E-state index contributed by atoms with van der Waals surface area (Å²) in [6, 6.07) is 30.3. The van der Waals surface area contributed by atoms with Crippen molar-refractivity contribution in [2.75, 3.05) is 7.05 Å². The Labute approximate surface area is 187 Å². The molecule has 0 aliphatic rings. The highest BCUT2D eigenvalue weighted by Crippen LogP contribution is 2.36. The zero-order chi connectivity index (χ0) is 21.5. The van der Waals surface area contributed by atoms with Crippen molar-refractivity contribution in [1.82, 2.24) is 14.7 Å². The Morgan fingerprint density at radius 3 is 2.19 bits per heavy atom. The van der Waals surface area contributed by atoms with Crippen molar-refractivity contribution in [2.45, 2.75) is 23.2 Å². The molecule has 0 saturated carbocycles. The lowest BCUT2D eigenvalue weighted by molar-refractivity contribution is -0.129. The van der Waals surface area contributed by atoms with E-state index in [1.54, 1.807) is 16.7 Å². The fourth-order valence-corrected chi connectivity index (χ4v) is 4.58. The zero-order valence-electron chi connectivity index (χ0n) is 17.5. The van der Waals surface area contributed by atoms with Crippen LogP contribution in [0.3, 0.4) is 0 Å². The number of amides is 1. The monoisotopic (exact) mass is 427 g/mol. The lowest BCUT2D eigenvalue weighted by atomic mass is 10.1. The van der Waals surface area contributed by atoms with Crippen LogP contribution in [0.5, 0.6) is 0 Å². The molecule has 5 heteroatoms. The number of carbonyl (C=O) groups excluding carboxylic acids is 1. The van der Waals surface area contributed by atoms with Crippen molar-refractivity contribution in [2.24, 2.45) is 0 Å². The second-order valence-electron chi connectivity index (χ2n) is 7.45. The first-order valence-electron chi connectivity index (χ1n) is 10.3. The summed E-state index contributed by atoms with van der Waals surface area (Å²) in [7, 11) is 1.86. The van der Waals surface area contributed by atoms with Gasteiger partial charge in [-0.2, -0.15) is 5.10 Å². The molecule has 1 aromatic heterocycles. The van der Waals surface area contributed by atoms with E-state index in [0.29, 0.717) is 6.54 Å². The fourth-order valence-electron chi connectivity index (χ4n) is 3.42. The molecule has 31 heavy (non-hydrogen) atoms. The summed E-state index contributed by atoms with van der Waals surface area (Å²) >= 11 is 1.58. The van der Waals surface area contributed by atoms with E-state index in [1.807, 2.05) is 103 Å². The topological polar surface area (TPSA) is 38.1 Å². The molecule has 1 atom stereocenters. The van der Waals surface area contributed by atoms with Gasteiger partial charge in [-0.05, 0) is 23.3 Å². The van der Waals surface area contributed by atoms with Crippen LogP contribution < -0.4 is 0 Å². The van der Waals surface area contributed by atoms with Gasteiger partial charge in [0.25, 0.3) is 0 Å². The third-order valence-electron chi connectivity index (χ3n) is 4.99. The lowest BCUT2D eigenvalue weighted by Gasteiger charge is -2.23. The normalized spacial score (nSPS) is 11.8. The molecule has 0 spiro atoms. The molecule has 0 aliphatic carbocycles. The van der Waals surface area contributed by atoms with Gasteiger partial charge in [-0.1, -0.05) is 78.9 Å². The molecule has 4 aromatic rings. The Morgan fingerprint density at radius 1 is 0.903 bits per heavy atom. The van der Waals surface area contributed by atoms with Crippen LogP contribution in [0.2, 0.25) is 0 Å². The highest BCUT2D eigenvalue weighted by molar-refractivity contribution is 8.00. The summed E-state index contributed by atoms with van der Waals surface area (Å²) < 4.78 is 1.91. The van der Waals surface area contributed by atoms with Crippen LogP contribution in [-0.4, -0.2) is 27.6 Å². The molecule has 1 unspecified atom stereocenters. The highest BCUT2D eigenvalue weighted by atomic mass is 32.2. The first-order valence-corrected chi connectivity index (χ1v) is 11.1. The second-order valence-corrected chi connectivity index (χ2v) is 8.63. The molecular weight excluding hydrogens is 402 g/mol. The molecular formula is C26H25N3OS. The van der Waals surface area contributed by atoms with E-state index in [0.717, 1.165) is 22.6 Å². The third kappa shape index (κ3) is 5.64. The molecule has 0 bridgehead atoms. The molecule has 1 heterocycles. The summed E-state index contributed by atoms with van der Waals surface area (Å²) in [6.45, 7) is 1.24. The minimum absolute atomic E-state index is 0.0795. The van der Waals surface area contributed by atoms with Crippen molar-refractivity contribution in [3.05, 3.63) is 120 Å². The number of nitrogens with zero attached hydrogens (tertiary/aromatic N) is 3. The van der Waals surface area contributed by atoms with E-state index in [1.165, 1.54) is 5.56 Å². The molecule has 3 aromatic carbocycles. The van der Waals surface area contributed by atoms with Gasteiger partial charge < -0.3 is 4.90 Å². The van der Waals surface area contributed by atoms with E-state index in [2.05, 4.69) is 17.2 Å². The second kappa shape index (κ2) is 10.1. The summed E-state index contributed by atoms with van der Waals surface area (Å²) in [5.74, 6) is 0.0795. The molecule has 4 rings (SSSR count). The largest absolute Gasteiger partial charge is 0.340 e. The Hall–Kier alpha value is -3.31. The van der Waals surface area contributed by atoms with Crippen LogP contribution >= 0.6 is 11.8 Å². The van der Waals surface area contributed by atoms with Gasteiger partial charge in [-0.3, -0.25) is 9.48 Å². The van der Waals surface area contributed by atoms with E-state index in [9.17, 15) is 4.79 Å². The smallest absolute Gasteiger partial charge is 0.240 e. The van der Waals surface area contributed by atoms with Crippen molar-refractivity contribution >= 4 is 17.7 Å². The van der Waals surface area contributed by atoms with Gasteiger partial charge in [-0.15, -0.1) is 11.8 Å². The fraction of sp³-hybridized carbons (Fsp3) is 0.154. The minimum Gasteiger partial charge on any atom is -0.340 e. The average molecular weight is 428 g/mol. The highest BCUT2D eigenvalue weighted by Gasteiger charge is 2.25. The number of hydrogen-bond donors (Lipinski definition) is 0. The molecule has 1 amide bonds. The average Bonchev–Trinajstić information content (AvgIpc) is 3.25. The Morgan fingerprint density at radius 2 is 1.52 bits per heavy atom. The number of likely N-dealkylation sites (N-methyl/N-ethyl adjacent to an activating group) is 1. The standard InChI is InChI=1S/C26H25N3OS/c1-28(18-22-17-27-29(20-22)19-21-11-5-2-6-12-21)26(30)25(23-13-7-3-8-14-23)31-24-15-9-4-10-16-24/h2-17,20,25H,18-19H2,1H3. The van der Waals surface area contributed by atoms with E-state index in [-0.39, 0.29) is 11.2 Å². The van der Waals surface area contributed by atoms with Gasteiger partial charge in [-0.25, -0.2) is 0 Å². The van der Waals surface area contributed by atoms with Gasteiger partial charge in [0.05, 0.1) is 12.7 Å². The lowest BCUT2D eigenvalue weighted by Crippen LogP contribution is -2.30. The van der Waals surface area contributed by atoms with Crippen LogP contribution in [0.4, 0.5) is 0 Å². The SMILES string of the molecule is CN(Cc1cnn(Cc2ccccc2)c1)C(=O)C(Sc1ccccc1)c1ccccc1. The Bertz CT molecular complexity index is 1100. The Kier molecular flexibility index (Phi) is 6.85. The first kappa shape index (κ1) is 20.9. The van der Waals surface area contributed by atoms with Crippen LogP contribution in [-0.2, 0) is 17.9 Å². The number of hydrogen-bond acceptors (Lipinski definition) is 3. The predicted octanol–water partition coefficient (Wildman–Crippen LogP) is 5.42. The van der Waals surface area contributed by atoms with E-state index in [4.69, 9.17) is 0 Å². The molecule has 0 saturated heterocycles. The zero-order valence-corrected chi connectivity index (χ0v) is 18.3. The van der Waals surface area contributed by atoms with Gasteiger partial charge in [0, 0.05) is 30.2 Å². The van der Waals surface area contributed by atoms with Crippen molar-refractivity contribution in [3.63, 3.8) is 0 Å². The van der Waals surface area contributed by atoms with Gasteiger partial charge in [0.2, 0.25) is 5.91 Å². The summed E-state index contributed by atoms with van der Waals surface area (Å²) in [5, 5.41) is 4.17. The van der Waals surface area contributed by atoms with Crippen molar-refractivity contribution < 1.29 is 4.79 Å². The molecule has 0 N–H and O–H groups in total. The van der Waals surface area contributed by atoms with Gasteiger partial charge in [0.15, 0.2) is 0 Å². The Balaban J connectivity index is 1.47. The summed E-state index contributed by atoms with van der Waals surface area (Å²) in [6.07, 6.45) is 3.85. The van der Waals surface area contributed by atoms with Crippen LogP contribution in [0.1, 0.15) is 21.9 Å². The van der Waals surface area contributed by atoms with E-state index >= 15 is 0 Å². The van der Waals surface area contributed by atoms with Gasteiger partial charge >= 0.3 is 0 Å². The molecule has 0 aliphatic heterocycles. The van der Waals surface area contributed by atoms with E-state index < -0.39 is 0 Å². The molecule has 156 valence electrons. The molecule has 4 nitrogen and oxygen atoms in total. The van der Waals surface area contributed by atoms with Gasteiger partial charge in [0.1, 0.15) is 5.25 Å². The number of thioether (sulfide) groups is 1. The van der Waals surface area contributed by atoms with Crippen LogP contribution in [0.15, 0.2) is 108 Å². The molecule has 0 fully saturated rings. The molecule has 0 radical (unpaired) electrons. The quantitative estimate of drug-likeness (QED) is 0.352. The maximum Gasteiger partial charge on any atom is 0.240 e. The van der Waals surface area contributed by atoms with Crippen LogP contribution in [0, 0.1) is 0 Å². The third-order valence-corrected chi connectivity index (χ3v) is 6.25. The van der Waals surface area contributed by atoms with Crippen molar-refractivity contribution in [3.8, 4) is 0 Å². The maximum atomic E-state index is 13.4. The summed E-state index contributed by atoms with van der Waals surface area (Å²) in [5.41, 5.74) is 3.22. The maximum absolute atomic E-state index is 13.4. The summed E-state index contributed by atoms with van der Waals surface area (Å²) in [4.78, 5) is 16.3. The predicted molar refractivity (Wildman–Crippen MR) is 126 cm³/mol.